The topological polar surface area (TPSA) is 68.8 Å². The fraction of sp³-hybridized carbons (Fsp3) is 0.222. The highest BCUT2D eigenvalue weighted by molar-refractivity contribution is 7.80. The van der Waals surface area contributed by atoms with Crippen LogP contribution in [-0.4, -0.2) is 24.5 Å². The molecule has 0 spiro atoms. The first-order valence-corrected chi connectivity index (χ1v) is 8.31. The third-order valence-corrected chi connectivity index (χ3v) is 3.65. The minimum Gasteiger partial charge on any atom is -0.462 e. The average Bonchev–Trinajstić information content (AvgIpc) is 3.08. The van der Waals surface area contributed by atoms with Crippen LogP contribution in [0.2, 0.25) is 0 Å². The Kier molecular flexibility index (Phi) is 5.35. The van der Waals surface area contributed by atoms with Crippen LogP contribution in [0.5, 0.6) is 11.5 Å². The highest BCUT2D eigenvalue weighted by Crippen LogP contribution is 2.34. The molecule has 25 heavy (non-hydrogen) atoms. The van der Waals surface area contributed by atoms with E-state index in [4.69, 9.17) is 26.4 Å². The maximum absolute atomic E-state index is 11.8. The van der Waals surface area contributed by atoms with Crippen molar-refractivity contribution in [1.29, 1.82) is 0 Å². The van der Waals surface area contributed by atoms with Crippen molar-refractivity contribution in [3.63, 3.8) is 0 Å². The maximum Gasteiger partial charge on any atom is 0.338 e. The summed E-state index contributed by atoms with van der Waals surface area (Å²) < 4.78 is 15.7. The molecule has 1 aliphatic rings. The van der Waals surface area contributed by atoms with E-state index < -0.39 is 0 Å². The van der Waals surface area contributed by atoms with Crippen LogP contribution in [0.3, 0.4) is 0 Å². The van der Waals surface area contributed by atoms with E-state index in [-0.39, 0.29) is 12.8 Å². The third kappa shape index (κ3) is 4.39. The van der Waals surface area contributed by atoms with E-state index in [1.807, 2.05) is 25.1 Å². The standard InChI is InChI=1S/C18H18N2O4S/c1-2-9-22-17(21)12-3-5-13(6-4-12)19-18(25)20-14-7-8-15-16(10-14)24-11-23-15/h3-8,10H,2,9,11H2,1H3,(H2,19,20,25). The van der Waals surface area contributed by atoms with Crippen molar-refractivity contribution in [3.8, 4) is 11.5 Å². The highest BCUT2D eigenvalue weighted by atomic mass is 32.1. The summed E-state index contributed by atoms with van der Waals surface area (Å²) in [6.07, 6.45) is 0.797. The quantitative estimate of drug-likeness (QED) is 0.622. The summed E-state index contributed by atoms with van der Waals surface area (Å²) in [5, 5.41) is 6.57. The van der Waals surface area contributed by atoms with Crippen LogP contribution in [0.4, 0.5) is 11.4 Å². The second kappa shape index (κ2) is 7.85. The van der Waals surface area contributed by atoms with Gasteiger partial charge < -0.3 is 24.8 Å². The van der Waals surface area contributed by atoms with Gasteiger partial charge in [0.1, 0.15) is 0 Å². The zero-order chi connectivity index (χ0) is 17.6. The number of rotatable bonds is 5. The Balaban J connectivity index is 1.56. The van der Waals surface area contributed by atoms with Gasteiger partial charge in [-0.3, -0.25) is 0 Å². The van der Waals surface area contributed by atoms with E-state index in [0.717, 1.165) is 23.5 Å². The van der Waals surface area contributed by atoms with E-state index in [1.165, 1.54) is 0 Å². The van der Waals surface area contributed by atoms with Crippen molar-refractivity contribution < 1.29 is 19.0 Å². The molecule has 130 valence electrons. The predicted molar refractivity (Wildman–Crippen MR) is 99.4 cm³/mol. The summed E-state index contributed by atoms with van der Waals surface area (Å²) in [5.74, 6) is 1.08. The predicted octanol–water partition coefficient (Wildman–Crippen LogP) is 3.79. The summed E-state index contributed by atoms with van der Waals surface area (Å²) >= 11 is 5.30. The van der Waals surface area contributed by atoms with E-state index in [1.54, 1.807) is 24.3 Å². The average molecular weight is 358 g/mol. The van der Waals surface area contributed by atoms with Crippen molar-refractivity contribution in [2.75, 3.05) is 24.0 Å². The van der Waals surface area contributed by atoms with Crippen LogP contribution < -0.4 is 20.1 Å². The number of fused-ring (bicyclic) bond motifs is 1. The third-order valence-electron chi connectivity index (χ3n) is 3.45. The lowest BCUT2D eigenvalue weighted by molar-refractivity contribution is 0.0505. The molecule has 7 heteroatoms. The first-order chi connectivity index (χ1) is 12.2. The molecule has 0 atom stereocenters. The van der Waals surface area contributed by atoms with E-state index in [2.05, 4.69) is 10.6 Å². The molecule has 0 amide bonds. The lowest BCUT2D eigenvalue weighted by Gasteiger charge is -2.11. The molecule has 0 aliphatic carbocycles. The van der Waals surface area contributed by atoms with Gasteiger partial charge in [-0.1, -0.05) is 6.92 Å². The lowest BCUT2D eigenvalue weighted by Crippen LogP contribution is -2.19. The number of nitrogens with one attached hydrogen (secondary N) is 2. The Hall–Kier alpha value is -2.80. The first kappa shape index (κ1) is 17.0. The van der Waals surface area contributed by atoms with Crippen LogP contribution in [0.1, 0.15) is 23.7 Å². The minimum atomic E-state index is -0.325. The van der Waals surface area contributed by atoms with Crippen molar-refractivity contribution in [2.24, 2.45) is 0 Å². The lowest BCUT2D eigenvalue weighted by atomic mass is 10.2. The molecule has 3 rings (SSSR count). The number of esters is 1. The zero-order valence-corrected chi connectivity index (χ0v) is 14.5. The van der Waals surface area contributed by atoms with Gasteiger partial charge in [-0.15, -0.1) is 0 Å². The molecule has 0 saturated carbocycles. The summed E-state index contributed by atoms with van der Waals surface area (Å²) in [7, 11) is 0. The molecule has 0 unspecified atom stereocenters. The van der Waals surface area contributed by atoms with Crippen LogP contribution in [0.25, 0.3) is 0 Å². The Morgan fingerprint density at radius 3 is 2.52 bits per heavy atom. The van der Waals surface area contributed by atoms with Gasteiger partial charge in [0.15, 0.2) is 16.6 Å². The van der Waals surface area contributed by atoms with Gasteiger partial charge in [-0.25, -0.2) is 4.79 Å². The van der Waals surface area contributed by atoms with Crippen LogP contribution in [-0.2, 0) is 4.74 Å². The van der Waals surface area contributed by atoms with Crippen molar-refractivity contribution in [2.45, 2.75) is 13.3 Å². The van der Waals surface area contributed by atoms with Gasteiger partial charge in [0.05, 0.1) is 12.2 Å². The molecule has 1 aliphatic heterocycles. The fourth-order valence-electron chi connectivity index (χ4n) is 2.24. The van der Waals surface area contributed by atoms with Crippen molar-refractivity contribution >= 4 is 34.7 Å². The molecule has 2 N–H and O–H groups in total. The highest BCUT2D eigenvalue weighted by Gasteiger charge is 2.13. The molecule has 2 aromatic carbocycles. The minimum absolute atomic E-state index is 0.231. The number of ether oxygens (including phenoxy) is 3. The van der Waals surface area contributed by atoms with Crippen LogP contribution >= 0.6 is 12.2 Å². The molecule has 0 saturated heterocycles. The number of anilines is 2. The maximum atomic E-state index is 11.8. The van der Waals surface area contributed by atoms with Gasteiger partial charge in [0.25, 0.3) is 0 Å². The van der Waals surface area contributed by atoms with Gasteiger partial charge in [-0.2, -0.15) is 0 Å². The van der Waals surface area contributed by atoms with E-state index >= 15 is 0 Å². The molecule has 0 aromatic heterocycles. The smallest absolute Gasteiger partial charge is 0.338 e. The largest absolute Gasteiger partial charge is 0.462 e. The number of hydrogen-bond acceptors (Lipinski definition) is 5. The molecular weight excluding hydrogens is 340 g/mol. The van der Waals surface area contributed by atoms with E-state index in [0.29, 0.717) is 23.0 Å². The summed E-state index contributed by atoms with van der Waals surface area (Å²) in [6.45, 7) is 2.60. The Labute approximate surface area is 151 Å². The molecule has 0 radical (unpaired) electrons. The normalized spacial score (nSPS) is 11.7. The summed E-state index contributed by atoms with van der Waals surface area (Å²) in [6, 6.07) is 12.4. The molecular formula is C18H18N2O4S. The summed E-state index contributed by atoms with van der Waals surface area (Å²) in [4.78, 5) is 11.8. The van der Waals surface area contributed by atoms with Gasteiger partial charge >= 0.3 is 5.97 Å². The molecule has 2 aromatic rings. The second-order valence-corrected chi connectivity index (χ2v) is 5.77. The van der Waals surface area contributed by atoms with Crippen molar-refractivity contribution in [1.82, 2.24) is 0 Å². The van der Waals surface area contributed by atoms with Gasteiger partial charge in [0, 0.05) is 17.4 Å². The SMILES string of the molecule is CCCOC(=O)c1ccc(NC(=S)Nc2ccc3c(c2)OCO3)cc1. The fourth-order valence-corrected chi connectivity index (χ4v) is 2.47. The first-order valence-electron chi connectivity index (χ1n) is 7.90. The number of thiocarbonyl (C=S) groups is 1. The summed E-state index contributed by atoms with van der Waals surface area (Å²) in [5.41, 5.74) is 2.07. The monoisotopic (exact) mass is 358 g/mol. The van der Waals surface area contributed by atoms with Crippen LogP contribution in [0, 0.1) is 0 Å². The Morgan fingerprint density at radius 2 is 1.76 bits per heavy atom. The number of carbonyl (C=O) groups is 1. The number of hydrogen-bond donors (Lipinski definition) is 2. The second-order valence-electron chi connectivity index (χ2n) is 5.36. The Morgan fingerprint density at radius 1 is 1.08 bits per heavy atom. The van der Waals surface area contributed by atoms with E-state index in [9.17, 15) is 4.79 Å². The zero-order valence-electron chi connectivity index (χ0n) is 13.7. The van der Waals surface area contributed by atoms with Gasteiger partial charge in [0.2, 0.25) is 6.79 Å². The van der Waals surface area contributed by atoms with Gasteiger partial charge in [-0.05, 0) is 55.0 Å². The molecule has 0 fully saturated rings. The molecule has 6 nitrogen and oxygen atoms in total. The number of benzene rings is 2. The van der Waals surface area contributed by atoms with Crippen LogP contribution in [0.15, 0.2) is 42.5 Å². The Bertz CT molecular complexity index is 777. The molecule has 0 bridgehead atoms. The molecule has 1 heterocycles. The van der Waals surface area contributed by atoms with Crippen molar-refractivity contribution in [3.05, 3.63) is 48.0 Å². The number of carbonyl (C=O) groups excluding carboxylic acids is 1.